The number of nitrogens with zero attached hydrogens (tertiary/aromatic N) is 1. The van der Waals surface area contributed by atoms with Gasteiger partial charge in [-0.1, -0.05) is 6.07 Å². The van der Waals surface area contributed by atoms with Crippen molar-refractivity contribution in [1.82, 2.24) is 5.32 Å². The fraction of sp³-hybridized carbons (Fsp3) is 0.533. The molecule has 20 heavy (non-hydrogen) atoms. The van der Waals surface area contributed by atoms with Gasteiger partial charge in [-0.25, -0.2) is 0 Å². The van der Waals surface area contributed by atoms with Crippen LogP contribution in [0.15, 0.2) is 18.2 Å². The van der Waals surface area contributed by atoms with Gasteiger partial charge in [0.1, 0.15) is 5.54 Å². The van der Waals surface area contributed by atoms with Crippen molar-refractivity contribution in [2.45, 2.75) is 25.3 Å². The summed E-state index contributed by atoms with van der Waals surface area (Å²) in [6, 6.07) is 8.25. The largest absolute Gasteiger partial charge is 0.454 e. The van der Waals surface area contributed by atoms with Gasteiger partial charge in [-0.05, 0) is 37.5 Å². The lowest BCUT2D eigenvalue weighted by molar-refractivity contribution is 0.174. The van der Waals surface area contributed by atoms with E-state index in [1.54, 1.807) is 7.11 Å². The Hall–Kier alpha value is -1.77. The highest BCUT2D eigenvalue weighted by atomic mass is 16.7. The minimum Gasteiger partial charge on any atom is -0.454 e. The molecule has 0 bridgehead atoms. The smallest absolute Gasteiger partial charge is 0.231 e. The van der Waals surface area contributed by atoms with E-state index in [1.807, 2.05) is 25.1 Å². The van der Waals surface area contributed by atoms with Crippen LogP contribution >= 0.6 is 0 Å². The highest BCUT2D eigenvalue weighted by molar-refractivity contribution is 5.44. The molecule has 1 aliphatic heterocycles. The van der Waals surface area contributed by atoms with Gasteiger partial charge in [0.2, 0.25) is 6.79 Å². The number of hydrogen-bond acceptors (Lipinski definition) is 5. The fourth-order valence-electron chi connectivity index (χ4n) is 2.10. The van der Waals surface area contributed by atoms with Crippen molar-refractivity contribution in [1.29, 1.82) is 5.26 Å². The Morgan fingerprint density at radius 1 is 1.40 bits per heavy atom. The second kappa shape index (κ2) is 6.60. The SMILES string of the molecule is COCCNC(C)(C#N)CCc1ccc2c(c1)OCO2. The maximum absolute atomic E-state index is 9.32. The third-order valence-electron chi connectivity index (χ3n) is 3.42. The van der Waals surface area contributed by atoms with Crippen molar-refractivity contribution in [3.63, 3.8) is 0 Å². The molecule has 1 aliphatic rings. The Labute approximate surface area is 119 Å². The predicted octanol–water partition coefficient (Wildman–Crippen LogP) is 1.87. The van der Waals surface area contributed by atoms with Gasteiger partial charge in [0.15, 0.2) is 11.5 Å². The number of aryl methyl sites for hydroxylation is 1. The van der Waals surface area contributed by atoms with E-state index in [0.717, 1.165) is 29.9 Å². The summed E-state index contributed by atoms with van der Waals surface area (Å²) in [6.07, 6.45) is 1.54. The van der Waals surface area contributed by atoms with Crippen LogP contribution in [0, 0.1) is 11.3 Å². The van der Waals surface area contributed by atoms with Crippen LogP contribution in [0.5, 0.6) is 11.5 Å². The lowest BCUT2D eigenvalue weighted by Gasteiger charge is -2.23. The molecule has 1 aromatic carbocycles. The number of rotatable bonds is 7. The normalized spacial score (nSPS) is 15.7. The van der Waals surface area contributed by atoms with Gasteiger partial charge in [-0.15, -0.1) is 0 Å². The van der Waals surface area contributed by atoms with Crippen LogP contribution in [0.4, 0.5) is 0 Å². The molecule has 1 heterocycles. The average Bonchev–Trinajstić information content (AvgIpc) is 2.93. The van der Waals surface area contributed by atoms with Crippen molar-refractivity contribution in [3.05, 3.63) is 23.8 Å². The maximum Gasteiger partial charge on any atom is 0.231 e. The summed E-state index contributed by atoms with van der Waals surface area (Å²) >= 11 is 0. The molecule has 1 unspecified atom stereocenters. The van der Waals surface area contributed by atoms with Crippen LogP contribution in [0.1, 0.15) is 18.9 Å². The first-order valence-corrected chi connectivity index (χ1v) is 6.70. The van der Waals surface area contributed by atoms with Gasteiger partial charge in [-0.2, -0.15) is 5.26 Å². The zero-order valence-electron chi connectivity index (χ0n) is 11.9. The van der Waals surface area contributed by atoms with Gasteiger partial charge in [0, 0.05) is 13.7 Å². The van der Waals surface area contributed by atoms with E-state index in [-0.39, 0.29) is 6.79 Å². The first-order valence-electron chi connectivity index (χ1n) is 6.70. The second-order valence-corrected chi connectivity index (χ2v) is 5.05. The average molecular weight is 276 g/mol. The molecule has 108 valence electrons. The summed E-state index contributed by atoms with van der Waals surface area (Å²) in [4.78, 5) is 0. The lowest BCUT2D eigenvalue weighted by Crippen LogP contribution is -2.43. The number of benzene rings is 1. The standard InChI is InChI=1S/C15H20N2O3/c1-15(10-16,17-7-8-18-2)6-5-12-3-4-13-14(9-12)20-11-19-13/h3-4,9,17H,5-8,11H2,1-2H3. The van der Waals surface area contributed by atoms with Gasteiger partial charge in [0.05, 0.1) is 12.7 Å². The summed E-state index contributed by atoms with van der Waals surface area (Å²) in [5.41, 5.74) is 0.596. The Morgan fingerprint density at radius 2 is 2.20 bits per heavy atom. The molecule has 0 aromatic heterocycles. The van der Waals surface area contributed by atoms with Crippen LogP contribution in [-0.2, 0) is 11.2 Å². The zero-order valence-corrected chi connectivity index (χ0v) is 11.9. The summed E-state index contributed by atoms with van der Waals surface area (Å²) < 4.78 is 15.6. The van der Waals surface area contributed by atoms with Crippen LogP contribution in [-0.4, -0.2) is 32.6 Å². The lowest BCUT2D eigenvalue weighted by atomic mass is 9.94. The Kier molecular flexibility index (Phi) is 4.83. The molecule has 1 atom stereocenters. The number of hydrogen-bond donors (Lipinski definition) is 1. The Balaban J connectivity index is 1.91. The van der Waals surface area contributed by atoms with Crippen molar-refractivity contribution in [2.24, 2.45) is 0 Å². The summed E-state index contributed by atoms with van der Waals surface area (Å²) in [5, 5.41) is 12.5. The molecular formula is C15H20N2O3. The quantitative estimate of drug-likeness (QED) is 0.770. The maximum atomic E-state index is 9.32. The van der Waals surface area contributed by atoms with Crippen molar-refractivity contribution >= 4 is 0 Å². The topological polar surface area (TPSA) is 63.5 Å². The first kappa shape index (κ1) is 14.6. The minimum absolute atomic E-state index is 0.285. The number of nitrogens with one attached hydrogen (secondary N) is 1. The van der Waals surface area contributed by atoms with Crippen molar-refractivity contribution in [3.8, 4) is 17.6 Å². The third kappa shape index (κ3) is 3.62. The Bertz CT molecular complexity index is 498. The second-order valence-electron chi connectivity index (χ2n) is 5.05. The summed E-state index contributed by atoms with van der Waals surface area (Å²) in [6.45, 7) is 3.46. The molecule has 0 saturated heterocycles. The van der Waals surface area contributed by atoms with Gasteiger partial charge in [-0.3, -0.25) is 5.32 Å². The number of nitriles is 1. The summed E-state index contributed by atoms with van der Waals surface area (Å²) in [7, 11) is 1.65. The van der Waals surface area contributed by atoms with Crippen molar-refractivity contribution in [2.75, 3.05) is 27.1 Å². The minimum atomic E-state index is -0.547. The van der Waals surface area contributed by atoms with E-state index in [1.165, 1.54) is 0 Å². The molecule has 0 spiro atoms. The van der Waals surface area contributed by atoms with Crippen molar-refractivity contribution < 1.29 is 14.2 Å². The molecule has 5 heteroatoms. The highest BCUT2D eigenvalue weighted by Gasteiger charge is 2.23. The Morgan fingerprint density at radius 3 is 2.95 bits per heavy atom. The molecule has 5 nitrogen and oxygen atoms in total. The number of fused-ring (bicyclic) bond motifs is 1. The summed E-state index contributed by atoms with van der Waals surface area (Å²) in [5.74, 6) is 1.57. The monoisotopic (exact) mass is 276 g/mol. The van der Waals surface area contributed by atoms with Crippen LogP contribution in [0.3, 0.4) is 0 Å². The molecule has 1 N–H and O–H groups in total. The first-order chi connectivity index (χ1) is 9.67. The molecule has 0 fully saturated rings. The van der Waals surface area contributed by atoms with Gasteiger partial charge >= 0.3 is 0 Å². The van der Waals surface area contributed by atoms with E-state index in [2.05, 4.69) is 11.4 Å². The highest BCUT2D eigenvalue weighted by Crippen LogP contribution is 2.33. The predicted molar refractivity (Wildman–Crippen MR) is 74.8 cm³/mol. The molecule has 0 radical (unpaired) electrons. The number of methoxy groups -OCH3 is 1. The fourth-order valence-corrected chi connectivity index (χ4v) is 2.10. The molecular weight excluding hydrogens is 256 g/mol. The van der Waals surface area contributed by atoms with E-state index in [0.29, 0.717) is 13.2 Å². The molecule has 0 aliphatic carbocycles. The van der Waals surface area contributed by atoms with E-state index >= 15 is 0 Å². The number of ether oxygens (including phenoxy) is 3. The van der Waals surface area contributed by atoms with Crippen LogP contribution in [0.2, 0.25) is 0 Å². The third-order valence-corrected chi connectivity index (χ3v) is 3.42. The van der Waals surface area contributed by atoms with Gasteiger partial charge in [0.25, 0.3) is 0 Å². The zero-order chi connectivity index (χ0) is 14.4. The van der Waals surface area contributed by atoms with E-state index in [9.17, 15) is 5.26 Å². The van der Waals surface area contributed by atoms with E-state index < -0.39 is 5.54 Å². The molecule has 2 rings (SSSR count). The molecule has 0 saturated carbocycles. The molecule has 1 aromatic rings. The van der Waals surface area contributed by atoms with Crippen LogP contribution < -0.4 is 14.8 Å². The van der Waals surface area contributed by atoms with Gasteiger partial charge < -0.3 is 14.2 Å². The van der Waals surface area contributed by atoms with Crippen LogP contribution in [0.25, 0.3) is 0 Å². The molecule has 0 amide bonds. The van der Waals surface area contributed by atoms with E-state index in [4.69, 9.17) is 14.2 Å².